The molecule has 0 spiro atoms. The Morgan fingerprint density at radius 1 is 1.30 bits per heavy atom. The third-order valence-corrected chi connectivity index (χ3v) is 3.95. The SMILES string of the molecule is CCCNC(c1cnccc1C)c1ccc(F)cc1Br. The Balaban J connectivity index is 2.44. The van der Waals surface area contributed by atoms with Crippen LogP contribution >= 0.6 is 15.9 Å². The number of nitrogens with one attached hydrogen (secondary N) is 1. The van der Waals surface area contributed by atoms with Crippen molar-refractivity contribution in [2.24, 2.45) is 0 Å². The molecule has 0 aliphatic carbocycles. The fourth-order valence-electron chi connectivity index (χ4n) is 2.19. The fraction of sp³-hybridized carbons (Fsp3) is 0.312. The van der Waals surface area contributed by atoms with Gasteiger partial charge in [-0.2, -0.15) is 0 Å². The Bertz CT molecular complexity index is 586. The highest BCUT2D eigenvalue weighted by Gasteiger charge is 2.18. The molecule has 106 valence electrons. The van der Waals surface area contributed by atoms with Crippen LogP contribution in [0, 0.1) is 12.7 Å². The molecule has 1 unspecified atom stereocenters. The molecule has 2 aromatic rings. The first-order chi connectivity index (χ1) is 9.63. The standard InChI is InChI=1S/C16H18BrFN2/c1-3-7-20-16(14-10-19-8-6-11(14)2)13-5-4-12(18)9-15(13)17/h4-6,8-10,16,20H,3,7H2,1-2H3. The highest BCUT2D eigenvalue weighted by Crippen LogP contribution is 2.30. The van der Waals surface area contributed by atoms with Crippen LogP contribution in [0.3, 0.4) is 0 Å². The summed E-state index contributed by atoms with van der Waals surface area (Å²) in [7, 11) is 0. The lowest BCUT2D eigenvalue weighted by molar-refractivity contribution is 0.587. The van der Waals surface area contributed by atoms with E-state index < -0.39 is 0 Å². The van der Waals surface area contributed by atoms with E-state index in [0.29, 0.717) is 0 Å². The summed E-state index contributed by atoms with van der Waals surface area (Å²) in [5.74, 6) is -0.238. The molecule has 2 rings (SSSR count). The number of rotatable bonds is 5. The number of nitrogens with zero attached hydrogens (tertiary/aromatic N) is 1. The van der Waals surface area contributed by atoms with Crippen molar-refractivity contribution < 1.29 is 4.39 Å². The van der Waals surface area contributed by atoms with Crippen LogP contribution in [0.5, 0.6) is 0 Å². The van der Waals surface area contributed by atoms with Gasteiger partial charge < -0.3 is 5.32 Å². The normalized spacial score (nSPS) is 12.4. The highest BCUT2D eigenvalue weighted by atomic mass is 79.9. The first kappa shape index (κ1) is 15.1. The number of pyridine rings is 1. The first-order valence-corrected chi connectivity index (χ1v) is 7.51. The second-order valence-electron chi connectivity index (χ2n) is 4.79. The molecule has 0 aliphatic rings. The van der Waals surface area contributed by atoms with E-state index in [4.69, 9.17) is 0 Å². The Morgan fingerprint density at radius 3 is 2.75 bits per heavy atom. The molecule has 0 aliphatic heterocycles. The van der Waals surface area contributed by atoms with Crippen molar-refractivity contribution in [3.63, 3.8) is 0 Å². The monoisotopic (exact) mass is 336 g/mol. The van der Waals surface area contributed by atoms with E-state index in [-0.39, 0.29) is 11.9 Å². The van der Waals surface area contributed by atoms with E-state index in [1.54, 1.807) is 6.20 Å². The molecule has 0 saturated heterocycles. The van der Waals surface area contributed by atoms with Crippen molar-refractivity contribution in [3.05, 3.63) is 63.6 Å². The van der Waals surface area contributed by atoms with Crippen molar-refractivity contribution >= 4 is 15.9 Å². The minimum atomic E-state index is -0.238. The quantitative estimate of drug-likeness (QED) is 0.876. The fourth-order valence-corrected chi connectivity index (χ4v) is 2.77. The van der Waals surface area contributed by atoms with Gasteiger partial charge in [0.1, 0.15) is 5.82 Å². The van der Waals surface area contributed by atoms with Gasteiger partial charge in [0.15, 0.2) is 0 Å². The van der Waals surface area contributed by atoms with Crippen LogP contribution in [-0.4, -0.2) is 11.5 Å². The Hall–Kier alpha value is -1.26. The summed E-state index contributed by atoms with van der Waals surface area (Å²) >= 11 is 3.46. The van der Waals surface area contributed by atoms with Gasteiger partial charge in [-0.25, -0.2) is 4.39 Å². The largest absolute Gasteiger partial charge is 0.306 e. The molecule has 0 bridgehead atoms. The third kappa shape index (κ3) is 3.44. The maximum Gasteiger partial charge on any atom is 0.124 e. The molecule has 20 heavy (non-hydrogen) atoms. The zero-order chi connectivity index (χ0) is 14.5. The van der Waals surface area contributed by atoms with E-state index in [1.807, 2.05) is 18.3 Å². The van der Waals surface area contributed by atoms with E-state index in [0.717, 1.165) is 28.6 Å². The molecule has 0 fully saturated rings. The third-order valence-electron chi connectivity index (χ3n) is 3.26. The van der Waals surface area contributed by atoms with Gasteiger partial charge in [0, 0.05) is 16.9 Å². The summed E-state index contributed by atoms with van der Waals surface area (Å²) in [6, 6.07) is 6.82. The average molecular weight is 337 g/mol. The zero-order valence-corrected chi connectivity index (χ0v) is 13.2. The molecule has 0 radical (unpaired) electrons. The predicted octanol–water partition coefficient (Wildman–Crippen LogP) is 4.38. The van der Waals surface area contributed by atoms with Crippen LogP contribution in [0.4, 0.5) is 4.39 Å². The molecule has 0 amide bonds. The Kier molecular flexibility index (Phi) is 5.26. The smallest absolute Gasteiger partial charge is 0.124 e. The van der Waals surface area contributed by atoms with E-state index in [9.17, 15) is 4.39 Å². The number of aromatic nitrogens is 1. The summed E-state index contributed by atoms with van der Waals surface area (Å²) in [5, 5.41) is 3.51. The topological polar surface area (TPSA) is 24.9 Å². The lowest BCUT2D eigenvalue weighted by atomic mass is 9.96. The lowest BCUT2D eigenvalue weighted by Crippen LogP contribution is -2.24. The number of hydrogen-bond donors (Lipinski definition) is 1. The van der Waals surface area contributed by atoms with Gasteiger partial charge >= 0.3 is 0 Å². The molecular weight excluding hydrogens is 319 g/mol. The summed E-state index contributed by atoms with van der Waals surface area (Å²) in [4.78, 5) is 4.22. The second-order valence-corrected chi connectivity index (χ2v) is 5.64. The number of hydrogen-bond acceptors (Lipinski definition) is 2. The number of aryl methyl sites for hydroxylation is 1. The summed E-state index contributed by atoms with van der Waals surface area (Å²) in [5.41, 5.74) is 3.31. The van der Waals surface area contributed by atoms with E-state index in [1.165, 1.54) is 17.7 Å². The molecule has 1 atom stereocenters. The molecule has 1 N–H and O–H groups in total. The molecule has 1 aromatic heterocycles. The van der Waals surface area contributed by atoms with Crippen LogP contribution in [0.25, 0.3) is 0 Å². The van der Waals surface area contributed by atoms with Crippen molar-refractivity contribution in [3.8, 4) is 0 Å². The van der Waals surface area contributed by atoms with Crippen molar-refractivity contribution in [2.75, 3.05) is 6.54 Å². The molecule has 0 saturated carbocycles. The zero-order valence-electron chi connectivity index (χ0n) is 11.7. The maximum atomic E-state index is 13.3. The molecular formula is C16H18BrFN2. The van der Waals surface area contributed by atoms with E-state index >= 15 is 0 Å². The average Bonchev–Trinajstić information content (AvgIpc) is 2.42. The van der Waals surface area contributed by atoms with Crippen molar-refractivity contribution in [1.29, 1.82) is 0 Å². The molecule has 1 aromatic carbocycles. The van der Waals surface area contributed by atoms with Crippen LogP contribution in [0.2, 0.25) is 0 Å². The van der Waals surface area contributed by atoms with Gasteiger partial charge in [0.05, 0.1) is 6.04 Å². The maximum absolute atomic E-state index is 13.3. The van der Waals surface area contributed by atoms with Gasteiger partial charge in [-0.15, -0.1) is 0 Å². The van der Waals surface area contributed by atoms with Gasteiger partial charge in [-0.05, 0) is 54.8 Å². The predicted molar refractivity (Wildman–Crippen MR) is 83.2 cm³/mol. The van der Waals surface area contributed by atoms with Crippen LogP contribution < -0.4 is 5.32 Å². The highest BCUT2D eigenvalue weighted by molar-refractivity contribution is 9.10. The van der Waals surface area contributed by atoms with Crippen LogP contribution in [-0.2, 0) is 0 Å². The summed E-state index contributed by atoms with van der Waals surface area (Å²) < 4.78 is 14.1. The van der Waals surface area contributed by atoms with Crippen molar-refractivity contribution in [2.45, 2.75) is 26.3 Å². The van der Waals surface area contributed by atoms with Gasteiger partial charge in [0.25, 0.3) is 0 Å². The van der Waals surface area contributed by atoms with Gasteiger partial charge in [-0.3, -0.25) is 4.98 Å². The number of benzene rings is 1. The molecule has 4 heteroatoms. The molecule has 1 heterocycles. The van der Waals surface area contributed by atoms with Gasteiger partial charge in [0.2, 0.25) is 0 Å². The van der Waals surface area contributed by atoms with Gasteiger partial charge in [-0.1, -0.05) is 28.9 Å². The Labute approximate surface area is 127 Å². The lowest BCUT2D eigenvalue weighted by Gasteiger charge is -2.22. The summed E-state index contributed by atoms with van der Waals surface area (Å²) in [6.45, 7) is 5.08. The van der Waals surface area contributed by atoms with Crippen LogP contribution in [0.15, 0.2) is 41.1 Å². The summed E-state index contributed by atoms with van der Waals surface area (Å²) in [6.07, 6.45) is 4.70. The minimum absolute atomic E-state index is 0.0126. The van der Waals surface area contributed by atoms with Crippen LogP contribution in [0.1, 0.15) is 36.1 Å². The van der Waals surface area contributed by atoms with E-state index in [2.05, 4.69) is 40.1 Å². The first-order valence-electron chi connectivity index (χ1n) is 6.72. The Morgan fingerprint density at radius 2 is 2.10 bits per heavy atom. The minimum Gasteiger partial charge on any atom is -0.306 e. The second kappa shape index (κ2) is 6.95. The number of halogens is 2. The molecule has 2 nitrogen and oxygen atoms in total. The van der Waals surface area contributed by atoms with Crippen molar-refractivity contribution in [1.82, 2.24) is 10.3 Å².